The van der Waals surface area contributed by atoms with Crippen molar-refractivity contribution in [3.05, 3.63) is 59.7 Å². The Morgan fingerprint density at radius 2 is 1.67 bits per heavy atom. The molecule has 1 saturated heterocycles. The van der Waals surface area contributed by atoms with Gasteiger partial charge in [0.15, 0.2) is 0 Å². The average Bonchev–Trinajstić information content (AvgIpc) is 2.71. The molecule has 2 aromatic rings. The van der Waals surface area contributed by atoms with Crippen LogP contribution in [0, 0.1) is 0 Å². The van der Waals surface area contributed by atoms with Gasteiger partial charge in [-0.15, -0.1) is 0 Å². The number of amides is 2. The van der Waals surface area contributed by atoms with Crippen molar-refractivity contribution < 1.29 is 23.9 Å². The fourth-order valence-electron chi connectivity index (χ4n) is 2.97. The SMILES string of the molecule is COc1cccc(OC)c1C(=O)N[C@@H]1C(=O)N(OCc2ccccc2)[C@H]1C. The van der Waals surface area contributed by atoms with E-state index in [-0.39, 0.29) is 24.1 Å². The number of β-lactam (4-membered cyclic amide) rings is 1. The average molecular weight is 370 g/mol. The first-order valence-electron chi connectivity index (χ1n) is 8.58. The van der Waals surface area contributed by atoms with E-state index in [0.717, 1.165) is 5.56 Å². The zero-order valence-electron chi connectivity index (χ0n) is 15.5. The van der Waals surface area contributed by atoms with Crippen LogP contribution < -0.4 is 14.8 Å². The van der Waals surface area contributed by atoms with E-state index >= 15 is 0 Å². The number of rotatable bonds is 7. The number of ether oxygens (including phenoxy) is 2. The van der Waals surface area contributed by atoms with Gasteiger partial charge >= 0.3 is 0 Å². The molecule has 3 rings (SSSR count). The van der Waals surface area contributed by atoms with Crippen molar-refractivity contribution >= 4 is 11.8 Å². The van der Waals surface area contributed by atoms with E-state index in [2.05, 4.69) is 5.32 Å². The molecule has 1 aliphatic rings. The highest BCUT2D eigenvalue weighted by Crippen LogP contribution is 2.29. The van der Waals surface area contributed by atoms with Gasteiger partial charge in [-0.05, 0) is 24.6 Å². The van der Waals surface area contributed by atoms with Crippen LogP contribution in [0.15, 0.2) is 48.5 Å². The molecule has 2 amide bonds. The maximum atomic E-state index is 12.7. The Morgan fingerprint density at radius 3 is 2.22 bits per heavy atom. The van der Waals surface area contributed by atoms with Crippen LogP contribution in [-0.2, 0) is 16.2 Å². The van der Waals surface area contributed by atoms with Crippen LogP contribution in [0.1, 0.15) is 22.8 Å². The summed E-state index contributed by atoms with van der Waals surface area (Å²) in [5.74, 6) is 0.0322. The van der Waals surface area contributed by atoms with Crippen LogP contribution in [0.5, 0.6) is 11.5 Å². The number of carbonyl (C=O) groups excluding carboxylic acids is 2. The zero-order valence-corrected chi connectivity index (χ0v) is 15.5. The lowest BCUT2D eigenvalue weighted by molar-refractivity contribution is -0.236. The summed E-state index contributed by atoms with van der Waals surface area (Å²) in [5.41, 5.74) is 1.22. The fourth-order valence-corrected chi connectivity index (χ4v) is 2.97. The first-order valence-corrected chi connectivity index (χ1v) is 8.58. The van der Waals surface area contributed by atoms with E-state index in [1.54, 1.807) is 18.2 Å². The standard InChI is InChI=1S/C20H22N2O5/c1-13-18(20(24)22(13)27-12-14-8-5-4-6-9-14)21-19(23)17-15(25-2)10-7-11-16(17)26-3/h4-11,13,18H,12H2,1-3H3,(H,21,23)/t13-,18-/m0/s1. The Kier molecular flexibility index (Phi) is 5.61. The van der Waals surface area contributed by atoms with Crippen LogP contribution in [0.4, 0.5) is 0 Å². The molecule has 0 bridgehead atoms. The molecule has 27 heavy (non-hydrogen) atoms. The molecule has 0 aromatic heterocycles. The molecule has 0 aliphatic carbocycles. The van der Waals surface area contributed by atoms with Gasteiger partial charge in [0.25, 0.3) is 11.8 Å². The molecule has 0 radical (unpaired) electrons. The third-order valence-corrected chi connectivity index (χ3v) is 4.49. The number of hydrogen-bond donors (Lipinski definition) is 1. The Labute approximate surface area is 157 Å². The smallest absolute Gasteiger partial charge is 0.271 e. The van der Waals surface area contributed by atoms with Crippen molar-refractivity contribution in [2.45, 2.75) is 25.6 Å². The van der Waals surface area contributed by atoms with Crippen LogP contribution in [0.3, 0.4) is 0 Å². The molecule has 0 saturated carbocycles. The van der Waals surface area contributed by atoms with Crippen molar-refractivity contribution in [3.63, 3.8) is 0 Å². The lowest BCUT2D eigenvalue weighted by Crippen LogP contribution is -2.69. The molecule has 7 heteroatoms. The van der Waals surface area contributed by atoms with Crippen molar-refractivity contribution in [3.8, 4) is 11.5 Å². The molecular formula is C20H22N2O5. The summed E-state index contributed by atoms with van der Waals surface area (Å²) < 4.78 is 10.5. The van der Waals surface area contributed by atoms with Gasteiger partial charge in [0, 0.05) is 0 Å². The van der Waals surface area contributed by atoms with Gasteiger partial charge < -0.3 is 14.8 Å². The minimum Gasteiger partial charge on any atom is -0.496 e. The lowest BCUT2D eigenvalue weighted by Gasteiger charge is -2.43. The van der Waals surface area contributed by atoms with Crippen molar-refractivity contribution in [1.82, 2.24) is 10.4 Å². The largest absolute Gasteiger partial charge is 0.496 e. The van der Waals surface area contributed by atoms with E-state index in [4.69, 9.17) is 14.3 Å². The Hall–Kier alpha value is -3.06. The van der Waals surface area contributed by atoms with Crippen LogP contribution >= 0.6 is 0 Å². The molecule has 7 nitrogen and oxygen atoms in total. The number of nitrogens with zero attached hydrogens (tertiary/aromatic N) is 1. The van der Waals surface area contributed by atoms with Crippen LogP contribution in [0.2, 0.25) is 0 Å². The lowest BCUT2D eigenvalue weighted by atomic mass is 9.99. The molecule has 1 heterocycles. The number of carbonyl (C=O) groups is 2. The van der Waals surface area contributed by atoms with E-state index in [0.29, 0.717) is 11.5 Å². The summed E-state index contributed by atoms with van der Waals surface area (Å²) in [5, 5.41) is 4.03. The predicted octanol–water partition coefficient (Wildman–Crippen LogP) is 2.16. The van der Waals surface area contributed by atoms with Gasteiger partial charge in [0.05, 0.1) is 20.3 Å². The Morgan fingerprint density at radius 1 is 1.04 bits per heavy atom. The maximum Gasteiger partial charge on any atom is 0.271 e. The molecule has 1 N–H and O–H groups in total. The second-order valence-corrected chi connectivity index (χ2v) is 6.15. The molecule has 0 unspecified atom stereocenters. The number of methoxy groups -OCH3 is 2. The minimum atomic E-state index is -0.664. The second kappa shape index (κ2) is 8.09. The highest BCUT2D eigenvalue weighted by atomic mass is 16.7. The maximum absolute atomic E-state index is 12.7. The number of benzene rings is 2. The normalized spacial score (nSPS) is 18.6. The van der Waals surface area contributed by atoms with E-state index in [1.807, 2.05) is 37.3 Å². The summed E-state index contributed by atoms with van der Waals surface area (Å²) in [6.45, 7) is 2.11. The van der Waals surface area contributed by atoms with Gasteiger partial charge in [-0.1, -0.05) is 36.4 Å². The molecule has 1 fully saturated rings. The van der Waals surface area contributed by atoms with Gasteiger partial charge in [-0.3, -0.25) is 14.4 Å². The highest BCUT2D eigenvalue weighted by molar-refractivity contribution is 6.03. The zero-order chi connectivity index (χ0) is 19.4. The summed E-state index contributed by atoms with van der Waals surface area (Å²) in [6, 6.07) is 13.7. The van der Waals surface area contributed by atoms with Crippen molar-refractivity contribution in [2.75, 3.05) is 14.2 Å². The molecule has 2 atom stereocenters. The van der Waals surface area contributed by atoms with Crippen LogP contribution in [0.25, 0.3) is 0 Å². The van der Waals surface area contributed by atoms with Gasteiger partial charge in [0.2, 0.25) is 0 Å². The molecule has 2 aromatic carbocycles. The Bertz CT molecular complexity index is 802. The van der Waals surface area contributed by atoms with E-state index in [9.17, 15) is 9.59 Å². The third kappa shape index (κ3) is 3.73. The van der Waals surface area contributed by atoms with E-state index < -0.39 is 11.9 Å². The summed E-state index contributed by atoms with van der Waals surface area (Å²) >= 11 is 0. The number of hydrogen-bond acceptors (Lipinski definition) is 5. The third-order valence-electron chi connectivity index (χ3n) is 4.49. The second-order valence-electron chi connectivity index (χ2n) is 6.15. The monoisotopic (exact) mass is 370 g/mol. The highest BCUT2D eigenvalue weighted by Gasteiger charge is 2.47. The van der Waals surface area contributed by atoms with Gasteiger partial charge in [-0.25, -0.2) is 5.06 Å². The first kappa shape index (κ1) is 18.7. The molecule has 142 valence electrons. The molecule has 0 spiro atoms. The van der Waals surface area contributed by atoms with Crippen molar-refractivity contribution in [2.24, 2.45) is 0 Å². The predicted molar refractivity (Wildman–Crippen MR) is 98.3 cm³/mol. The van der Waals surface area contributed by atoms with E-state index in [1.165, 1.54) is 19.3 Å². The minimum absolute atomic E-state index is 0.256. The van der Waals surface area contributed by atoms with Gasteiger partial charge in [0.1, 0.15) is 29.7 Å². The number of nitrogens with one attached hydrogen (secondary N) is 1. The van der Waals surface area contributed by atoms with Gasteiger partial charge in [-0.2, -0.15) is 0 Å². The first-order chi connectivity index (χ1) is 13.1. The Balaban J connectivity index is 1.64. The quantitative estimate of drug-likeness (QED) is 0.756. The summed E-state index contributed by atoms with van der Waals surface area (Å²) in [4.78, 5) is 30.7. The summed E-state index contributed by atoms with van der Waals surface area (Å²) in [7, 11) is 2.95. The number of hydroxylamine groups is 2. The van der Waals surface area contributed by atoms with Crippen LogP contribution in [-0.4, -0.2) is 43.2 Å². The van der Waals surface area contributed by atoms with Crippen molar-refractivity contribution in [1.29, 1.82) is 0 Å². The molecular weight excluding hydrogens is 348 g/mol. The topological polar surface area (TPSA) is 77.1 Å². The molecule has 1 aliphatic heterocycles. The summed E-state index contributed by atoms with van der Waals surface area (Å²) in [6.07, 6.45) is 0. The fraction of sp³-hybridized carbons (Fsp3) is 0.300.